The van der Waals surface area contributed by atoms with Gasteiger partial charge in [-0.05, 0) is 30.4 Å². The van der Waals surface area contributed by atoms with Crippen LogP contribution in [0.5, 0.6) is 0 Å². The number of hydrogen-bond acceptors (Lipinski definition) is 3. The number of imidazole rings is 1. The summed E-state index contributed by atoms with van der Waals surface area (Å²) in [6.45, 7) is 7.10. The average Bonchev–Trinajstić information content (AvgIpc) is 2.97. The third-order valence-electron chi connectivity index (χ3n) is 2.93. The van der Waals surface area contributed by atoms with E-state index in [1.807, 2.05) is 23.7 Å². The third-order valence-corrected chi connectivity index (χ3v) is 3.89. The highest BCUT2D eigenvalue weighted by atomic mass is 32.1. The molecule has 0 bridgehead atoms. The normalized spacial score (nSPS) is 10.9. The van der Waals surface area contributed by atoms with E-state index in [0.29, 0.717) is 0 Å². The first-order chi connectivity index (χ1) is 8.35. The summed E-state index contributed by atoms with van der Waals surface area (Å²) >= 11 is 1.83. The molecule has 0 spiro atoms. The number of thiophene rings is 1. The lowest BCUT2D eigenvalue weighted by molar-refractivity contribution is 0.615. The van der Waals surface area contributed by atoms with Crippen LogP contribution < -0.4 is 5.32 Å². The Balaban J connectivity index is 1.87. The number of aryl methyl sites for hydroxylation is 2. The quantitative estimate of drug-likeness (QED) is 0.853. The summed E-state index contributed by atoms with van der Waals surface area (Å²) < 4.78 is 2.17. The summed E-state index contributed by atoms with van der Waals surface area (Å²) in [5.41, 5.74) is 1.46. The Labute approximate surface area is 107 Å². The van der Waals surface area contributed by atoms with Gasteiger partial charge >= 0.3 is 0 Å². The van der Waals surface area contributed by atoms with Gasteiger partial charge in [0.1, 0.15) is 5.82 Å². The van der Waals surface area contributed by atoms with Gasteiger partial charge in [-0.25, -0.2) is 4.98 Å². The van der Waals surface area contributed by atoms with Crippen molar-refractivity contribution in [3.63, 3.8) is 0 Å². The van der Waals surface area contributed by atoms with E-state index in [1.165, 1.54) is 10.4 Å². The lowest BCUT2D eigenvalue weighted by Gasteiger charge is -2.06. The first-order valence-corrected chi connectivity index (χ1v) is 6.99. The number of rotatable bonds is 6. The molecule has 0 aliphatic carbocycles. The van der Waals surface area contributed by atoms with Crippen LogP contribution in [0.15, 0.2) is 23.8 Å². The zero-order chi connectivity index (χ0) is 12.1. The van der Waals surface area contributed by atoms with Gasteiger partial charge < -0.3 is 9.88 Å². The fraction of sp³-hybridized carbons (Fsp3) is 0.462. The fourth-order valence-corrected chi connectivity index (χ4v) is 2.87. The molecule has 0 saturated heterocycles. The number of hydrogen-bond donors (Lipinski definition) is 1. The molecule has 0 unspecified atom stereocenters. The average molecular weight is 249 g/mol. The summed E-state index contributed by atoms with van der Waals surface area (Å²) in [6.07, 6.45) is 5.01. The second-order valence-electron chi connectivity index (χ2n) is 3.96. The van der Waals surface area contributed by atoms with Gasteiger partial charge in [0.2, 0.25) is 0 Å². The minimum Gasteiger partial charge on any atom is -0.334 e. The summed E-state index contributed by atoms with van der Waals surface area (Å²) in [5, 5.41) is 5.64. The molecular formula is C13H19N3S. The molecule has 2 aromatic heterocycles. The van der Waals surface area contributed by atoms with Crippen LogP contribution in [0.1, 0.15) is 30.1 Å². The molecule has 0 aromatic carbocycles. The van der Waals surface area contributed by atoms with Gasteiger partial charge in [-0.3, -0.25) is 0 Å². The van der Waals surface area contributed by atoms with Gasteiger partial charge in [0.15, 0.2) is 0 Å². The van der Waals surface area contributed by atoms with Crippen molar-refractivity contribution in [3.8, 4) is 0 Å². The zero-order valence-electron chi connectivity index (χ0n) is 10.4. The molecule has 17 heavy (non-hydrogen) atoms. The Morgan fingerprint density at radius 3 is 3.00 bits per heavy atom. The van der Waals surface area contributed by atoms with Gasteiger partial charge in [-0.2, -0.15) is 0 Å². The molecule has 0 radical (unpaired) electrons. The van der Waals surface area contributed by atoms with E-state index >= 15 is 0 Å². The first kappa shape index (κ1) is 12.3. The molecule has 2 heterocycles. The van der Waals surface area contributed by atoms with Crippen LogP contribution in [0.3, 0.4) is 0 Å². The van der Waals surface area contributed by atoms with Gasteiger partial charge in [0.05, 0.1) is 6.54 Å². The van der Waals surface area contributed by atoms with Crippen molar-refractivity contribution in [2.24, 2.45) is 0 Å². The predicted molar refractivity (Wildman–Crippen MR) is 72.1 cm³/mol. The Morgan fingerprint density at radius 1 is 1.35 bits per heavy atom. The molecule has 0 amide bonds. The van der Waals surface area contributed by atoms with Crippen LogP contribution in [0.25, 0.3) is 0 Å². The maximum Gasteiger partial charge on any atom is 0.122 e. The number of nitrogens with one attached hydrogen (secondary N) is 1. The van der Waals surface area contributed by atoms with E-state index in [1.54, 1.807) is 0 Å². The molecule has 1 N–H and O–H groups in total. The third kappa shape index (κ3) is 2.96. The van der Waals surface area contributed by atoms with E-state index < -0.39 is 0 Å². The van der Waals surface area contributed by atoms with Crippen LogP contribution in [0.4, 0.5) is 0 Å². The lowest BCUT2D eigenvalue weighted by atomic mass is 10.2. The summed E-state index contributed by atoms with van der Waals surface area (Å²) in [7, 11) is 0. The van der Waals surface area contributed by atoms with Gasteiger partial charge in [0.25, 0.3) is 0 Å². The van der Waals surface area contributed by atoms with Crippen LogP contribution in [-0.2, 0) is 26.1 Å². The Bertz CT molecular complexity index is 416. The van der Waals surface area contributed by atoms with Gasteiger partial charge in [-0.1, -0.05) is 6.92 Å². The second-order valence-corrected chi connectivity index (χ2v) is 4.96. The molecule has 2 rings (SSSR count). The number of aromatic nitrogens is 2. The zero-order valence-corrected chi connectivity index (χ0v) is 11.3. The molecule has 4 heteroatoms. The molecule has 0 fully saturated rings. The van der Waals surface area contributed by atoms with Crippen molar-refractivity contribution in [2.75, 3.05) is 0 Å². The molecule has 92 valence electrons. The number of nitrogens with zero attached hydrogens (tertiary/aromatic N) is 2. The van der Waals surface area contributed by atoms with Gasteiger partial charge in [-0.15, -0.1) is 11.3 Å². The smallest absolute Gasteiger partial charge is 0.122 e. The monoisotopic (exact) mass is 249 g/mol. The first-order valence-electron chi connectivity index (χ1n) is 6.11. The highest BCUT2D eigenvalue weighted by Gasteiger charge is 2.03. The lowest BCUT2D eigenvalue weighted by Crippen LogP contribution is -2.16. The minimum atomic E-state index is 0.835. The van der Waals surface area contributed by atoms with E-state index in [4.69, 9.17) is 0 Å². The second kappa shape index (κ2) is 5.98. The summed E-state index contributed by atoms with van der Waals surface area (Å²) in [5.74, 6) is 1.11. The van der Waals surface area contributed by atoms with E-state index in [0.717, 1.165) is 31.9 Å². The fourth-order valence-electron chi connectivity index (χ4n) is 1.92. The SMILES string of the molecule is CCc1ccsc1CNCc1nccn1CC. The molecular weight excluding hydrogens is 230 g/mol. The topological polar surface area (TPSA) is 29.9 Å². The van der Waals surface area contributed by atoms with Crippen molar-refractivity contribution in [3.05, 3.63) is 40.1 Å². The molecule has 0 atom stereocenters. The van der Waals surface area contributed by atoms with E-state index in [-0.39, 0.29) is 0 Å². The van der Waals surface area contributed by atoms with Crippen LogP contribution >= 0.6 is 11.3 Å². The molecule has 0 aliphatic heterocycles. The van der Waals surface area contributed by atoms with Crippen molar-refractivity contribution in [2.45, 2.75) is 39.9 Å². The largest absolute Gasteiger partial charge is 0.334 e. The predicted octanol–water partition coefficient (Wildman–Crippen LogP) is 2.82. The molecule has 2 aromatic rings. The van der Waals surface area contributed by atoms with Crippen molar-refractivity contribution in [1.82, 2.24) is 14.9 Å². The summed E-state index contributed by atoms with van der Waals surface area (Å²) in [4.78, 5) is 5.80. The van der Waals surface area contributed by atoms with Crippen LogP contribution in [-0.4, -0.2) is 9.55 Å². The maximum atomic E-state index is 4.35. The van der Waals surface area contributed by atoms with Crippen molar-refractivity contribution in [1.29, 1.82) is 0 Å². The Kier molecular flexibility index (Phi) is 4.34. The highest BCUT2D eigenvalue weighted by molar-refractivity contribution is 7.10. The Hall–Kier alpha value is -1.13. The van der Waals surface area contributed by atoms with E-state index in [2.05, 4.69) is 40.2 Å². The standard InChI is InChI=1S/C13H19N3S/c1-3-11-5-8-17-12(11)9-14-10-13-15-6-7-16(13)4-2/h5-8,14H,3-4,9-10H2,1-2H3. The highest BCUT2D eigenvalue weighted by Crippen LogP contribution is 2.16. The van der Waals surface area contributed by atoms with E-state index in [9.17, 15) is 0 Å². The molecule has 3 nitrogen and oxygen atoms in total. The van der Waals surface area contributed by atoms with Crippen molar-refractivity contribution < 1.29 is 0 Å². The van der Waals surface area contributed by atoms with Crippen molar-refractivity contribution >= 4 is 11.3 Å². The minimum absolute atomic E-state index is 0.835. The van der Waals surface area contributed by atoms with Crippen LogP contribution in [0, 0.1) is 0 Å². The summed E-state index contributed by atoms with van der Waals surface area (Å²) in [6, 6.07) is 2.22. The van der Waals surface area contributed by atoms with Crippen LogP contribution in [0.2, 0.25) is 0 Å². The van der Waals surface area contributed by atoms with Gasteiger partial charge in [0, 0.05) is 30.4 Å². The maximum absolute atomic E-state index is 4.35. The Morgan fingerprint density at radius 2 is 2.24 bits per heavy atom. The molecule has 0 aliphatic rings. The molecule has 0 saturated carbocycles.